The second-order valence-electron chi connectivity index (χ2n) is 4.24. The lowest BCUT2D eigenvalue weighted by molar-refractivity contribution is 0.216. The fourth-order valence-corrected chi connectivity index (χ4v) is 3.14. The summed E-state index contributed by atoms with van der Waals surface area (Å²) >= 11 is 0. The average molecular weight is 319 g/mol. The summed E-state index contributed by atoms with van der Waals surface area (Å²) in [6.45, 7) is 7.24. The van der Waals surface area contributed by atoms with Gasteiger partial charge >= 0.3 is 0 Å². The van der Waals surface area contributed by atoms with Gasteiger partial charge in [0.1, 0.15) is 11.5 Å². The maximum atomic E-state index is 11.8. The summed E-state index contributed by atoms with van der Waals surface area (Å²) in [5.41, 5.74) is 0.557. The lowest BCUT2D eigenvalue weighted by Crippen LogP contribution is -2.27. The zero-order chi connectivity index (χ0) is 13.9. The van der Waals surface area contributed by atoms with E-state index in [9.17, 15) is 8.42 Å². The van der Waals surface area contributed by atoms with Gasteiger partial charge in [-0.2, -0.15) is 8.42 Å². The molecule has 7 heteroatoms. The molecule has 5 nitrogen and oxygen atoms in total. The van der Waals surface area contributed by atoms with E-state index in [1.165, 1.54) is 0 Å². The van der Waals surface area contributed by atoms with Crippen LogP contribution in [0.1, 0.15) is 19.4 Å². The second kappa shape index (κ2) is 7.06. The van der Waals surface area contributed by atoms with Crippen LogP contribution < -0.4 is 0 Å². The summed E-state index contributed by atoms with van der Waals surface area (Å²) in [6.07, 6.45) is 0. The molecule has 0 atom stereocenters. The third kappa shape index (κ3) is 3.50. The molecule has 1 aromatic carbocycles. The van der Waals surface area contributed by atoms with Crippen molar-refractivity contribution in [2.75, 3.05) is 26.2 Å². The highest BCUT2D eigenvalue weighted by Crippen LogP contribution is 2.26. The Morgan fingerprint density at radius 3 is 2.50 bits per heavy atom. The molecular weight excluding hydrogens is 300 g/mol. The molecule has 1 aromatic rings. The quantitative estimate of drug-likeness (QED) is 0.832. The molecule has 112 valence electrons. The number of ether oxygens (including phenoxy) is 1. The molecule has 0 unspecified atom stereocenters. The van der Waals surface area contributed by atoms with Crippen molar-refractivity contribution in [1.82, 2.24) is 4.90 Å². The van der Waals surface area contributed by atoms with Crippen molar-refractivity contribution >= 4 is 28.3 Å². The summed E-state index contributed by atoms with van der Waals surface area (Å²) in [5.74, 6) is 0.211. The number of rotatable bonds is 5. The van der Waals surface area contributed by atoms with Crippen LogP contribution in [-0.2, 0) is 14.8 Å². The fraction of sp³-hybridized carbons (Fsp3) is 0.462. The Bertz CT molecular complexity index is 583. The number of hydrogen-bond acceptors (Lipinski definition) is 4. The summed E-state index contributed by atoms with van der Waals surface area (Å²) < 4.78 is 32.8. The van der Waals surface area contributed by atoms with Crippen LogP contribution >= 0.6 is 12.4 Å². The van der Waals surface area contributed by atoms with Crippen LogP contribution in [0.3, 0.4) is 0 Å². The van der Waals surface area contributed by atoms with Crippen LogP contribution in [0.4, 0.5) is 0 Å². The molecule has 2 rings (SSSR count). The van der Waals surface area contributed by atoms with Crippen molar-refractivity contribution in [3.8, 4) is 0 Å². The number of sulfonamides is 1. The van der Waals surface area contributed by atoms with E-state index in [0.717, 1.165) is 19.6 Å². The first-order valence-electron chi connectivity index (χ1n) is 6.38. The van der Waals surface area contributed by atoms with Crippen molar-refractivity contribution < 1.29 is 13.2 Å². The normalized spacial score (nSPS) is 15.4. The lowest BCUT2D eigenvalue weighted by atomic mass is 10.2. The number of hydrogen-bond donors (Lipinski definition) is 0. The second-order valence-corrected chi connectivity index (χ2v) is 5.82. The average Bonchev–Trinajstić information content (AvgIpc) is 2.67. The number of halogens is 1. The van der Waals surface area contributed by atoms with E-state index in [4.69, 9.17) is 4.74 Å². The third-order valence-electron chi connectivity index (χ3n) is 3.14. The van der Waals surface area contributed by atoms with Crippen molar-refractivity contribution in [3.63, 3.8) is 0 Å². The molecule has 0 spiro atoms. The van der Waals surface area contributed by atoms with E-state index in [1.54, 1.807) is 24.3 Å². The highest BCUT2D eigenvalue weighted by Gasteiger charge is 2.29. The predicted molar refractivity (Wildman–Crippen MR) is 81.2 cm³/mol. The minimum absolute atomic E-state index is 0. The topological polar surface area (TPSA) is 59.0 Å². The first kappa shape index (κ1) is 16.9. The zero-order valence-electron chi connectivity index (χ0n) is 11.6. The van der Waals surface area contributed by atoms with Crippen molar-refractivity contribution in [3.05, 3.63) is 29.8 Å². The molecule has 0 bridgehead atoms. The van der Waals surface area contributed by atoms with Gasteiger partial charge in [0, 0.05) is 6.54 Å². The summed E-state index contributed by atoms with van der Waals surface area (Å²) in [7, 11) is -3.57. The van der Waals surface area contributed by atoms with Gasteiger partial charge in [-0.25, -0.2) is 0 Å². The van der Waals surface area contributed by atoms with E-state index in [1.807, 2.05) is 0 Å². The molecule has 20 heavy (non-hydrogen) atoms. The van der Waals surface area contributed by atoms with Crippen LogP contribution in [0.25, 0.3) is 0 Å². The minimum Gasteiger partial charge on any atom is -0.475 e. The molecule has 0 aliphatic carbocycles. The largest absolute Gasteiger partial charge is 0.475 e. The third-order valence-corrected chi connectivity index (χ3v) is 4.46. The van der Waals surface area contributed by atoms with Gasteiger partial charge in [0.2, 0.25) is 5.90 Å². The smallest absolute Gasteiger partial charge is 0.286 e. The maximum absolute atomic E-state index is 11.8. The maximum Gasteiger partial charge on any atom is 0.286 e. The summed E-state index contributed by atoms with van der Waals surface area (Å²) in [5, 5.41) is 0. The van der Waals surface area contributed by atoms with Gasteiger partial charge in [0.05, 0.1) is 5.56 Å². The molecule has 0 saturated heterocycles. The van der Waals surface area contributed by atoms with Crippen LogP contribution in [0.5, 0.6) is 0 Å². The van der Waals surface area contributed by atoms with E-state index < -0.39 is 10.0 Å². The molecule has 0 saturated carbocycles. The number of fused-ring (bicyclic) bond motifs is 1. The zero-order valence-corrected chi connectivity index (χ0v) is 13.2. The first-order chi connectivity index (χ1) is 9.08. The van der Waals surface area contributed by atoms with Crippen LogP contribution in [0, 0.1) is 0 Å². The standard InChI is InChI=1S/C13H18N2O3S.ClH/c1-3-15(4-2)9-10-18-13-11-7-5-6-8-12(11)19(16,17)14-13;/h5-8H,3-4,9-10H2,1-2H3;1H. The number of benzene rings is 1. The van der Waals surface area contributed by atoms with Crippen LogP contribution in [0.15, 0.2) is 33.6 Å². The van der Waals surface area contributed by atoms with Gasteiger partial charge in [-0.15, -0.1) is 16.8 Å². The molecule has 0 N–H and O–H groups in total. The Morgan fingerprint density at radius 2 is 1.85 bits per heavy atom. The van der Waals surface area contributed by atoms with Crippen LogP contribution in [0.2, 0.25) is 0 Å². The van der Waals surface area contributed by atoms with Gasteiger partial charge in [0.25, 0.3) is 10.0 Å². The monoisotopic (exact) mass is 318 g/mol. The van der Waals surface area contributed by atoms with Gasteiger partial charge in [0.15, 0.2) is 0 Å². The Labute approximate surface area is 126 Å². The molecule has 0 radical (unpaired) electrons. The molecule has 1 heterocycles. The highest BCUT2D eigenvalue weighted by molar-refractivity contribution is 7.90. The Hall–Kier alpha value is -1.11. The van der Waals surface area contributed by atoms with Crippen molar-refractivity contribution in [1.29, 1.82) is 0 Å². The Kier molecular flexibility index (Phi) is 5.98. The predicted octanol–water partition coefficient (Wildman–Crippen LogP) is 1.92. The van der Waals surface area contributed by atoms with Crippen molar-refractivity contribution in [2.24, 2.45) is 4.40 Å². The summed E-state index contributed by atoms with van der Waals surface area (Å²) in [4.78, 5) is 2.43. The number of likely N-dealkylation sites (N-methyl/N-ethyl adjacent to an activating group) is 1. The Morgan fingerprint density at radius 1 is 1.20 bits per heavy atom. The SMILES string of the molecule is CCN(CC)CCOC1=NS(=O)(=O)c2ccccc21.Cl. The lowest BCUT2D eigenvalue weighted by Gasteiger charge is -2.17. The molecular formula is C13H19ClN2O3S. The Balaban J connectivity index is 0.00000200. The van der Waals surface area contributed by atoms with E-state index in [0.29, 0.717) is 12.2 Å². The van der Waals surface area contributed by atoms with Gasteiger partial charge < -0.3 is 9.64 Å². The summed E-state index contributed by atoms with van der Waals surface area (Å²) in [6, 6.07) is 6.73. The van der Waals surface area contributed by atoms with Crippen LogP contribution in [-0.4, -0.2) is 45.5 Å². The van der Waals surface area contributed by atoms with E-state index >= 15 is 0 Å². The van der Waals surface area contributed by atoms with E-state index in [2.05, 4.69) is 23.1 Å². The van der Waals surface area contributed by atoms with Crippen molar-refractivity contribution in [2.45, 2.75) is 18.7 Å². The minimum atomic E-state index is -3.57. The molecule has 1 aliphatic rings. The number of nitrogens with zero attached hydrogens (tertiary/aromatic N) is 2. The van der Waals surface area contributed by atoms with E-state index in [-0.39, 0.29) is 23.2 Å². The fourth-order valence-electron chi connectivity index (χ4n) is 1.99. The first-order valence-corrected chi connectivity index (χ1v) is 7.82. The molecule has 0 amide bonds. The molecule has 0 aromatic heterocycles. The molecule has 0 fully saturated rings. The highest BCUT2D eigenvalue weighted by atomic mass is 35.5. The van der Waals surface area contributed by atoms with Gasteiger partial charge in [-0.3, -0.25) is 0 Å². The van der Waals surface area contributed by atoms with Gasteiger partial charge in [-0.05, 0) is 25.2 Å². The van der Waals surface area contributed by atoms with Gasteiger partial charge in [-0.1, -0.05) is 26.0 Å². The molecule has 1 aliphatic heterocycles.